The quantitative estimate of drug-likeness (QED) is 0.216. The van der Waals surface area contributed by atoms with Gasteiger partial charge in [-0.1, -0.05) is 20.8 Å². The van der Waals surface area contributed by atoms with Crippen LogP contribution in [0.15, 0.2) is 4.99 Å². The minimum Gasteiger partial charge on any atom is -0.396 e. The van der Waals surface area contributed by atoms with Crippen molar-refractivity contribution in [2.45, 2.75) is 72.3 Å². The first-order valence-electron chi connectivity index (χ1n) is 10.5. The van der Waals surface area contributed by atoms with Gasteiger partial charge in [0.2, 0.25) is 10.0 Å². The molecule has 0 unspecified atom stereocenters. The first kappa shape index (κ1) is 27.9. The summed E-state index contributed by atoms with van der Waals surface area (Å²) >= 11 is 0. The molecule has 1 saturated heterocycles. The molecule has 7 nitrogen and oxygen atoms in total. The van der Waals surface area contributed by atoms with Crippen LogP contribution >= 0.6 is 24.0 Å². The number of guanidine groups is 1. The Morgan fingerprint density at radius 1 is 1.18 bits per heavy atom. The summed E-state index contributed by atoms with van der Waals surface area (Å²) in [5.74, 6) is 1.02. The van der Waals surface area contributed by atoms with Gasteiger partial charge in [0, 0.05) is 38.8 Å². The number of rotatable bonds is 11. The first-order chi connectivity index (χ1) is 12.9. The molecule has 168 valence electrons. The maximum atomic E-state index is 12.2. The van der Waals surface area contributed by atoms with Crippen molar-refractivity contribution in [3.8, 4) is 0 Å². The Morgan fingerprint density at radius 3 is 2.25 bits per heavy atom. The lowest BCUT2D eigenvalue weighted by atomic mass is 9.79. The molecule has 0 aromatic rings. The van der Waals surface area contributed by atoms with Gasteiger partial charge in [0.25, 0.3) is 0 Å². The van der Waals surface area contributed by atoms with Crippen LogP contribution in [0.5, 0.6) is 0 Å². The number of aliphatic hydroxyl groups excluding tert-OH is 1. The fraction of sp³-hybridized carbons (Fsp3) is 0.947. The smallest absolute Gasteiger partial charge is 0.214 e. The predicted octanol–water partition coefficient (Wildman–Crippen LogP) is 2.55. The second-order valence-corrected chi connectivity index (χ2v) is 9.60. The van der Waals surface area contributed by atoms with Crippen molar-refractivity contribution in [1.82, 2.24) is 14.9 Å². The van der Waals surface area contributed by atoms with Gasteiger partial charge in [0.1, 0.15) is 0 Å². The highest BCUT2D eigenvalue weighted by Crippen LogP contribution is 2.30. The summed E-state index contributed by atoms with van der Waals surface area (Å²) in [5, 5.41) is 16.2. The number of aliphatic hydroxyl groups is 1. The van der Waals surface area contributed by atoms with E-state index >= 15 is 0 Å². The van der Waals surface area contributed by atoms with Crippen LogP contribution in [0.3, 0.4) is 0 Å². The van der Waals surface area contributed by atoms with E-state index in [1.54, 1.807) is 4.31 Å². The molecule has 1 heterocycles. The van der Waals surface area contributed by atoms with Crippen LogP contribution in [0.25, 0.3) is 0 Å². The van der Waals surface area contributed by atoms with E-state index in [0.717, 1.165) is 44.6 Å². The van der Waals surface area contributed by atoms with Crippen LogP contribution in [0.4, 0.5) is 0 Å². The number of sulfonamides is 1. The number of nitrogens with one attached hydrogen (secondary N) is 2. The predicted molar refractivity (Wildman–Crippen MR) is 128 cm³/mol. The lowest BCUT2D eigenvalue weighted by Crippen LogP contribution is -2.50. The molecule has 0 bridgehead atoms. The number of halogens is 1. The molecule has 0 aromatic carbocycles. The lowest BCUT2D eigenvalue weighted by molar-refractivity contribution is 0.175. The first-order valence-corrected chi connectivity index (χ1v) is 12.1. The highest BCUT2D eigenvalue weighted by molar-refractivity contribution is 14.0. The van der Waals surface area contributed by atoms with Crippen molar-refractivity contribution < 1.29 is 13.5 Å². The zero-order chi connectivity index (χ0) is 20.3. The van der Waals surface area contributed by atoms with Gasteiger partial charge in [-0.25, -0.2) is 12.7 Å². The zero-order valence-electron chi connectivity index (χ0n) is 18.0. The molecule has 3 N–H and O–H groups in total. The third-order valence-electron chi connectivity index (χ3n) is 5.71. The van der Waals surface area contributed by atoms with E-state index in [2.05, 4.69) is 24.5 Å². The molecule has 28 heavy (non-hydrogen) atoms. The molecule has 1 aliphatic rings. The van der Waals surface area contributed by atoms with E-state index in [9.17, 15) is 13.5 Å². The molecule has 0 spiro atoms. The van der Waals surface area contributed by atoms with E-state index in [1.807, 2.05) is 13.8 Å². The maximum Gasteiger partial charge on any atom is 0.214 e. The number of hydrogen-bond acceptors (Lipinski definition) is 4. The van der Waals surface area contributed by atoms with Crippen LogP contribution in [-0.4, -0.2) is 68.4 Å². The lowest BCUT2D eigenvalue weighted by Gasteiger charge is -2.33. The Labute approximate surface area is 189 Å². The van der Waals surface area contributed by atoms with Gasteiger partial charge in [0.05, 0.1) is 5.75 Å². The van der Waals surface area contributed by atoms with Gasteiger partial charge in [-0.2, -0.15) is 0 Å². The van der Waals surface area contributed by atoms with E-state index in [-0.39, 0.29) is 47.8 Å². The minimum atomic E-state index is -3.10. The number of aliphatic imine (C=N–C) groups is 1. The van der Waals surface area contributed by atoms with Crippen LogP contribution < -0.4 is 10.6 Å². The molecular weight excluding hydrogens is 491 g/mol. The molecule has 1 fully saturated rings. The summed E-state index contributed by atoms with van der Waals surface area (Å²) in [6.07, 6.45) is 4.97. The molecular formula is C19H41IN4O3S. The highest BCUT2D eigenvalue weighted by Gasteiger charge is 2.28. The largest absolute Gasteiger partial charge is 0.396 e. The van der Waals surface area contributed by atoms with E-state index in [4.69, 9.17) is 4.99 Å². The highest BCUT2D eigenvalue weighted by atomic mass is 127. The monoisotopic (exact) mass is 532 g/mol. The Kier molecular flexibility index (Phi) is 13.9. The molecule has 0 saturated carbocycles. The number of piperidine rings is 1. The Balaban J connectivity index is 0.00000729. The second-order valence-electron chi connectivity index (χ2n) is 7.51. The molecule has 0 atom stereocenters. The average molecular weight is 533 g/mol. The van der Waals surface area contributed by atoms with Crippen LogP contribution in [0, 0.1) is 5.41 Å². The third kappa shape index (κ3) is 8.71. The zero-order valence-corrected chi connectivity index (χ0v) is 21.2. The second kappa shape index (κ2) is 14.0. The normalized spacial score (nSPS) is 17.2. The SMILES string of the molecule is CCCS(=O)(=O)N1CCC(NC(=NCC(CC)(CC)CCO)NCC)CC1.I. The topological polar surface area (TPSA) is 94.0 Å². The Bertz CT molecular complexity index is 545. The summed E-state index contributed by atoms with van der Waals surface area (Å²) in [7, 11) is -3.10. The van der Waals surface area contributed by atoms with Crippen molar-refractivity contribution in [1.29, 1.82) is 0 Å². The minimum absolute atomic E-state index is 0. The number of hydrogen-bond donors (Lipinski definition) is 3. The third-order valence-corrected chi connectivity index (χ3v) is 7.79. The van der Waals surface area contributed by atoms with Crippen molar-refractivity contribution in [3.05, 3.63) is 0 Å². The molecule has 0 aliphatic carbocycles. The molecule has 1 aliphatic heterocycles. The number of nitrogens with zero attached hydrogens (tertiary/aromatic N) is 2. The summed E-state index contributed by atoms with van der Waals surface area (Å²) in [6, 6.07) is 0.228. The van der Waals surface area contributed by atoms with Crippen LogP contribution in [0.1, 0.15) is 66.2 Å². The van der Waals surface area contributed by atoms with Gasteiger partial charge >= 0.3 is 0 Å². The molecule has 0 amide bonds. The van der Waals surface area contributed by atoms with Gasteiger partial charge in [0.15, 0.2) is 5.96 Å². The maximum absolute atomic E-state index is 12.2. The fourth-order valence-electron chi connectivity index (χ4n) is 3.57. The van der Waals surface area contributed by atoms with Crippen LogP contribution in [-0.2, 0) is 10.0 Å². The van der Waals surface area contributed by atoms with Gasteiger partial charge < -0.3 is 15.7 Å². The van der Waals surface area contributed by atoms with E-state index < -0.39 is 10.0 Å². The van der Waals surface area contributed by atoms with Crippen molar-refractivity contribution in [3.63, 3.8) is 0 Å². The van der Waals surface area contributed by atoms with Gasteiger partial charge in [-0.05, 0) is 50.9 Å². The fourth-order valence-corrected chi connectivity index (χ4v) is 5.11. The molecule has 1 rings (SSSR count). The van der Waals surface area contributed by atoms with Gasteiger partial charge in [-0.15, -0.1) is 24.0 Å². The van der Waals surface area contributed by atoms with Crippen LogP contribution in [0.2, 0.25) is 0 Å². The molecule has 9 heteroatoms. The standard InChI is InChI=1S/C19H40N4O3S.HI/c1-5-15-27(25,26)23-12-9-17(10-13-23)22-18(20-8-4)21-16-19(6-2,7-3)11-14-24;/h17,24H,5-16H2,1-4H3,(H2,20,21,22);1H. The average Bonchev–Trinajstić information content (AvgIpc) is 2.65. The van der Waals surface area contributed by atoms with Crippen molar-refractivity contribution in [2.24, 2.45) is 10.4 Å². The van der Waals surface area contributed by atoms with E-state index in [0.29, 0.717) is 26.1 Å². The summed E-state index contributed by atoms with van der Waals surface area (Å²) in [5.41, 5.74) is 0.0364. The Morgan fingerprint density at radius 2 is 1.79 bits per heavy atom. The molecule has 0 aromatic heterocycles. The molecule has 0 radical (unpaired) electrons. The summed E-state index contributed by atoms with van der Waals surface area (Å²) in [4.78, 5) is 4.79. The Hall–Kier alpha value is -0.130. The van der Waals surface area contributed by atoms with Gasteiger partial charge in [-0.3, -0.25) is 4.99 Å². The van der Waals surface area contributed by atoms with E-state index in [1.165, 1.54) is 0 Å². The van der Waals surface area contributed by atoms with Crippen molar-refractivity contribution >= 4 is 40.0 Å². The summed E-state index contributed by atoms with van der Waals surface area (Å²) < 4.78 is 26.0. The van der Waals surface area contributed by atoms with Crippen molar-refractivity contribution in [2.75, 3.05) is 38.5 Å². The summed E-state index contributed by atoms with van der Waals surface area (Å²) in [6.45, 7) is 11.0.